The molecule has 0 aliphatic heterocycles. The highest BCUT2D eigenvalue weighted by molar-refractivity contribution is 6.07. The normalized spacial score (nSPS) is 10.9. The Labute approximate surface area is 144 Å². The molecule has 3 heterocycles. The molecular formula is C20H16N2O3. The monoisotopic (exact) mass is 332 g/mol. The lowest BCUT2D eigenvalue weighted by molar-refractivity contribution is 0.0777. The average molecular weight is 332 g/mol. The van der Waals surface area contributed by atoms with Crippen LogP contribution in [0.25, 0.3) is 22.4 Å². The Kier molecular flexibility index (Phi) is 3.82. The number of amides is 1. The van der Waals surface area contributed by atoms with Gasteiger partial charge < -0.3 is 13.7 Å². The Morgan fingerprint density at radius 1 is 1.04 bits per heavy atom. The summed E-state index contributed by atoms with van der Waals surface area (Å²) in [4.78, 5) is 19.3. The van der Waals surface area contributed by atoms with E-state index in [4.69, 9.17) is 8.83 Å². The van der Waals surface area contributed by atoms with Crippen molar-refractivity contribution in [1.29, 1.82) is 0 Å². The van der Waals surface area contributed by atoms with E-state index in [2.05, 4.69) is 4.98 Å². The molecule has 0 unspecified atom stereocenters. The number of rotatable bonds is 4. The van der Waals surface area contributed by atoms with E-state index in [9.17, 15) is 4.79 Å². The van der Waals surface area contributed by atoms with Gasteiger partial charge in [0.1, 0.15) is 11.5 Å². The van der Waals surface area contributed by atoms with E-state index in [-0.39, 0.29) is 5.91 Å². The summed E-state index contributed by atoms with van der Waals surface area (Å²) in [5.41, 5.74) is 1.98. The molecule has 0 spiro atoms. The smallest absolute Gasteiger partial charge is 0.254 e. The zero-order valence-electron chi connectivity index (χ0n) is 13.7. The molecule has 4 rings (SSSR count). The molecule has 1 amide bonds. The third kappa shape index (κ3) is 2.92. The van der Waals surface area contributed by atoms with Crippen LogP contribution in [0.4, 0.5) is 0 Å². The maximum atomic E-state index is 13.0. The first-order valence-corrected chi connectivity index (χ1v) is 7.94. The van der Waals surface area contributed by atoms with Crippen molar-refractivity contribution in [2.24, 2.45) is 0 Å². The van der Waals surface area contributed by atoms with Crippen molar-refractivity contribution in [3.05, 3.63) is 78.4 Å². The quantitative estimate of drug-likeness (QED) is 0.557. The molecule has 25 heavy (non-hydrogen) atoms. The topological polar surface area (TPSA) is 59.5 Å². The van der Waals surface area contributed by atoms with E-state index in [1.807, 2.05) is 42.5 Å². The third-order valence-electron chi connectivity index (χ3n) is 4.04. The first kappa shape index (κ1) is 15.2. The fraction of sp³-hybridized carbons (Fsp3) is 0.100. The lowest BCUT2D eigenvalue weighted by Gasteiger charge is -2.17. The summed E-state index contributed by atoms with van der Waals surface area (Å²) in [5.74, 6) is 1.27. The largest absolute Gasteiger partial charge is 0.467 e. The highest BCUT2D eigenvalue weighted by Gasteiger charge is 2.19. The molecule has 0 aliphatic carbocycles. The van der Waals surface area contributed by atoms with Gasteiger partial charge in [-0.2, -0.15) is 0 Å². The van der Waals surface area contributed by atoms with E-state index >= 15 is 0 Å². The molecule has 0 atom stereocenters. The maximum Gasteiger partial charge on any atom is 0.254 e. The van der Waals surface area contributed by atoms with Crippen LogP contribution in [0.3, 0.4) is 0 Å². The fourth-order valence-electron chi connectivity index (χ4n) is 2.82. The molecule has 5 heteroatoms. The molecule has 0 saturated carbocycles. The van der Waals surface area contributed by atoms with Crippen molar-refractivity contribution in [2.75, 3.05) is 7.05 Å². The second kappa shape index (κ2) is 6.28. The molecule has 124 valence electrons. The number of para-hydroxylation sites is 1. The predicted octanol–water partition coefficient (Wildman–Crippen LogP) is 4.36. The molecule has 3 aromatic heterocycles. The first-order valence-electron chi connectivity index (χ1n) is 7.94. The van der Waals surface area contributed by atoms with Crippen molar-refractivity contribution < 1.29 is 13.6 Å². The Hall–Kier alpha value is -3.34. The first-order chi connectivity index (χ1) is 12.2. The lowest BCUT2D eigenvalue weighted by atomic mass is 10.1. The molecule has 0 saturated heterocycles. The van der Waals surface area contributed by atoms with E-state index in [1.165, 1.54) is 0 Å². The van der Waals surface area contributed by atoms with Crippen LogP contribution in [0.1, 0.15) is 16.1 Å². The molecule has 0 aliphatic rings. The van der Waals surface area contributed by atoms with Crippen LogP contribution >= 0.6 is 0 Å². The molecule has 4 aromatic rings. The summed E-state index contributed by atoms with van der Waals surface area (Å²) in [6.07, 6.45) is 3.20. The van der Waals surface area contributed by atoms with Gasteiger partial charge in [-0.25, -0.2) is 4.98 Å². The zero-order valence-corrected chi connectivity index (χ0v) is 13.7. The summed E-state index contributed by atoms with van der Waals surface area (Å²) in [7, 11) is 1.76. The molecule has 0 fully saturated rings. The second-order valence-electron chi connectivity index (χ2n) is 5.79. The number of carbonyl (C=O) groups is 1. The van der Waals surface area contributed by atoms with Crippen molar-refractivity contribution >= 4 is 16.8 Å². The lowest BCUT2D eigenvalue weighted by Crippen LogP contribution is -2.26. The minimum Gasteiger partial charge on any atom is -0.467 e. The Bertz CT molecular complexity index is 1000. The van der Waals surface area contributed by atoms with E-state index in [0.29, 0.717) is 23.6 Å². The van der Waals surface area contributed by atoms with E-state index in [0.717, 1.165) is 16.7 Å². The van der Waals surface area contributed by atoms with Gasteiger partial charge in [0.05, 0.1) is 30.2 Å². The number of carbonyl (C=O) groups excluding carboxylic acids is 1. The van der Waals surface area contributed by atoms with Gasteiger partial charge in [0, 0.05) is 12.4 Å². The van der Waals surface area contributed by atoms with Crippen LogP contribution in [0.2, 0.25) is 0 Å². The number of furan rings is 2. The number of pyridine rings is 1. The van der Waals surface area contributed by atoms with Gasteiger partial charge in [0.2, 0.25) is 0 Å². The average Bonchev–Trinajstić information content (AvgIpc) is 3.34. The van der Waals surface area contributed by atoms with Crippen LogP contribution < -0.4 is 0 Å². The van der Waals surface area contributed by atoms with Crippen molar-refractivity contribution in [1.82, 2.24) is 9.88 Å². The summed E-state index contributed by atoms with van der Waals surface area (Å²) in [6, 6.07) is 16.7. The van der Waals surface area contributed by atoms with Gasteiger partial charge in [0.15, 0.2) is 5.76 Å². The maximum absolute atomic E-state index is 13.0. The highest BCUT2D eigenvalue weighted by Crippen LogP contribution is 2.26. The number of benzene rings is 1. The second-order valence-corrected chi connectivity index (χ2v) is 5.79. The van der Waals surface area contributed by atoms with Crippen LogP contribution in [-0.2, 0) is 6.54 Å². The summed E-state index contributed by atoms with van der Waals surface area (Å²) < 4.78 is 10.8. The van der Waals surface area contributed by atoms with Crippen LogP contribution in [-0.4, -0.2) is 22.8 Å². The summed E-state index contributed by atoms with van der Waals surface area (Å²) in [5, 5.41) is 0.814. The number of nitrogens with zero attached hydrogens (tertiary/aromatic N) is 2. The zero-order chi connectivity index (χ0) is 17.2. The minimum absolute atomic E-state index is 0.0946. The van der Waals surface area contributed by atoms with Crippen LogP contribution in [0, 0.1) is 0 Å². The summed E-state index contributed by atoms with van der Waals surface area (Å²) in [6.45, 7) is 0.401. The van der Waals surface area contributed by atoms with Crippen molar-refractivity contribution in [3.8, 4) is 11.5 Å². The molecule has 1 aromatic carbocycles. The van der Waals surface area contributed by atoms with Crippen molar-refractivity contribution in [2.45, 2.75) is 6.54 Å². The van der Waals surface area contributed by atoms with Gasteiger partial charge in [-0.05, 0) is 36.4 Å². The fourth-order valence-corrected chi connectivity index (χ4v) is 2.82. The highest BCUT2D eigenvalue weighted by atomic mass is 16.3. The van der Waals surface area contributed by atoms with Gasteiger partial charge in [-0.15, -0.1) is 0 Å². The SMILES string of the molecule is CN(Cc1ccco1)C(=O)c1cc(-c2ccco2)nc2ccccc12. The van der Waals surface area contributed by atoms with Gasteiger partial charge in [-0.3, -0.25) is 4.79 Å². The van der Waals surface area contributed by atoms with Crippen LogP contribution in [0.15, 0.2) is 76.0 Å². The molecule has 0 bridgehead atoms. The molecule has 0 N–H and O–H groups in total. The van der Waals surface area contributed by atoms with E-state index in [1.54, 1.807) is 36.6 Å². The minimum atomic E-state index is -0.0946. The Morgan fingerprint density at radius 3 is 2.60 bits per heavy atom. The number of hydrogen-bond acceptors (Lipinski definition) is 4. The molecular weight excluding hydrogens is 316 g/mol. The van der Waals surface area contributed by atoms with Crippen molar-refractivity contribution in [3.63, 3.8) is 0 Å². The standard InChI is InChI=1S/C20H16N2O3/c1-22(13-14-6-4-10-24-14)20(23)16-12-18(19-9-5-11-25-19)21-17-8-3-2-7-15(16)17/h2-12H,13H2,1H3. The number of fused-ring (bicyclic) bond motifs is 1. The van der Waals surface area contributed by atoms with E-state index < -0.39 is 0 Å². The summed E-state index contributed by atoms with van der Waals surface area (Å²) >= 11 is 0. The number of aromatic nitrogens is 1. The van der Waals surface area contributed by atoms with Gasteiger partial charge >= 0.3 is 0 Å². The Morgan fingerprint density at radius 2 is 1.84 bits per heavy atom. The molecule has 5 nitrogen and oxygen atoms in total. The van der Waals surface area contributed by atoms with Gasteiger partial charge in [-0.1, -0.05) is 18.2 Å². The third-order valence-corrected chi connectivity index (χ3v) is 4.04. The molecule has 0 radical (unpaired) electrons. The van der Waals surface area contributed by atoms with Gasteiger partial charge in [0.25, 0.3) is 5.91 Å². The number of hydrogen-bond donors (Lipinski definition) is 0. The Balaban J connectivity index is 1.78. The van der Waals surface area contributed by atoms with Crippen LogP contribution in [0.5, 0.6) is 0 Å². The predicted molar refractivity (Wildman–Crippen MR) is 94.0 cm³/mol.